The van der Waals surface area contributed by atoms with Gasteiger partial charge in [-0.15, -0.1) is 0 Å². The standard InChI is InChI=1S/C16H24N4O3S/c1-3-8-19-9-6-12(7-10-19)17-16(24)18-14-5-4-13(20(21)22)11-15(14)23-2/h4-5,11-12H,3,6-10H2,1-2H3,(H2,17,18,24)/p+1. The number of nitrogens with zero attached hydrogens (tertiary/aromatic N) is 1. The minimum absolute atomic E-state index is 0.0115. The lowest BCUT2D eigenvalue weighted by Crippen LogP contribution is -3.13. The molecule has 0 bridgehead atoms. The number of anilines is 1. The Bertz CT molecular complexity index is 589. The Balaban J connectivity index is 1.90. The molecule has 0 atom stereocenters. The van der Waals surface area contributed by atoms with Crippen molar-refractivity contribution in [3.8, 4) is 5.75 Å². The van der Waals surface area contributed by atoms with Crippen LogP contribution in [0.25, 0.3) is 0 Å². The molecule has 1 aromatic carbocycles. The quantitative estimate of drug-likeness (QED) is 0.407. The molecule has 1 heterocycles. The molecule has 7 nitrogen and oxygen atoms in total. The minimum Gasteiger partial charge on any atom is -0.494 e. The van der Waals surface area contributed by atoms with Crippen LogP contribution in [0.5, 0.6) is 5.75 Å². The van der Waals surface area contributed by atoms with Crippen LogP contribution in [0, 0.1) is 10.1 Å². The van der Waals surface area contributed by atoms with Crippen molar-refractivity contribution in [1.29, 1.82) is 0 Å². The minimum atomic E-state index is -0.449. The summed E-state index contributed by atoms with van der Waals surface area (Å²) in [5.74, 6) is 0.399. The van der Waals surface area contributed by atoms with E-state index in [1.165, 1.54) is 32.2 Å². The van der Waals surface area contributed by atoms with Crippen LogP contribution < -0.4 is 20.3 Å². The Morgan fingerprint density at radius 2 is 2.17 bits per heavy atom. The molecule has 1 saturated heterocycles. The average Bonchev–Trinajstić information content (AvgIpc) is 2.57. The highest BCUT2D eigenvalue weighted by molar-refractivity contribution is 7.80. The van der Waals surface area contributed by atoms with E-state index in [4.69, 9.17) is 17.0 Å². The lowest BCUT2D eigenvalue weighted by molar-refractivity contribution is -0.905. The summed E-state index contributed by atoms with van der Waals surface area (Å²) in [5, 5.41) is 17.8. The summed E-state index contributed by atoms with van der Waals surface area (Å²) in [6, 6.07) is 4.80. The fourth-order valence-corrected chi connectivity index (χ4v) is 3.29. The van der Waals surface area contributed by atoms with Crippen molar-refractivity contribution in [2.75, 3.05) is 32.1 Å². The van der Waals surface area contributed by atoms with E-state index < -0.39 is 4.92 Å². The number of nitrogens with one attached hydrogen (secondary N) is 3. The van der Waals surface area contributed by atoms with Crippen LogP contribution in [0.1, 0.15) is 26.2 Å². The predicted molar refractivity (Wildman–Crippen MR) is 97.9 cm³/mol. The first-order chi connectivity index (χ1) is 11.5. The number of thiocarbonyl (C=S) groups is 1. The van der Waals surface area contributed by atoms with Crippen molar-refractivity contribution >= 4 is 28.7 Å². The maximum Gasteiger partial charge on any atom is 0.273 e. The highest BCUT2D eigenvalue weighted by Crippen LogP contribution is 2.28. The Hall–Kier alpha value is -1.93. The number of quaternary nitrogens is 1. The Labute approximate surface area is 147 Å². The molecule has 1 aliphatic rings. The third-order valence-electron chi connectivity index (χ3n) is 4.28. The van der Waals surface area contributed by atoms with E-state index >= 15 is 0 Å². The van der Waals surface area contributed by atoms with Crippen molar-refractivity contribution in [3.63, 3.8) is 0 Å². The summed E-state index contributed by atoms with van der Waals surface area (Å²) in [6.45, 7) is 5.77. The van der Waals surface area contributed by atoms with Gasteiger partial charge in [0.2, 0.25) is 0 Å². The molecule has 3 N–H and O–H groups in total. The van der Waals surface area contributed by atoms with Gasteiger partial charge in [0.25, 0.3) is 5.69 Å². The Morgan fingerprint density at radius 3 is 2.75 bits per heavy atom. The van der Waals surface area contributed by atoms with E-state index in [1.54, 1.807) is 11.0 Å². The molecule has 1 aliphatic heterocycles. The summed E-state index contributed by atoms with van der Waals surface area (Å²) in [6.07, 6.45) is 3.40. The number of nitro groups is 1. The van der Waals surface area contributed by atoms with Crippen LogP contribution in [0.15, 0.2) is 18.2 Å². The number of ether oxygens (including phenoxy) is 1. The number of likely N-dealkylation sites (tertiary alicyclic amines) is 1. The molecule has 24 heavy (non-hydrogen) atoms. The topological polar surface area (TPSA) is 80.9 Å². The molecule has 0 saturated carbocycles. The molecule has 1 aromatic rings. The van der Waals surface area contributed by atoms with Gasteiger partial charge in [0.1, 0.15) is 5.75 Å². The number of methoxy groups -OCH3 is 1. The van der Waals surface area contributed by atoms with Crippen molar-refractivity contribution < 1.29 is 14.6 Å². The van der Waals surface area contributed by atoms with Crippen molar-refractivity contribution in [2.45, 2.75) is 32.2 Å². The van der Waals surface area contributed by atoms with Gasteiger partial charge >= 0.3 is 0 Å². The molecule has 1 fully saturated rings. The number of rotatable bonds is 6. The largest absolute Gasteiger partial charge is 0.494 e. The van der Waals surface area contributed by atoms with Gasteiger partial charge in [0.15, 0.2) is 5.11 Å². The monoisotopic (exact) mass is 353 g/mol. The summed E-state index contributed by atoms with van der Waals surface area (Å²) in [5.41, 5.74) is 0.609. The predicted octanol–water partition coefficient (Wildman–Crippen LogP) is 1.35. The number of hydrogen-bond donors (Lipinski definition) is 3. The van der Waals surface area contributed by atoms with E-state index in [-0.39, 0.29) is 5.69 Å². The maximum atomic E-state index is 10.8. The van der Waals surface area contributed by atoms with Gasteiger partial charge in [-0.05, 0) is 24.7 Å². The van der Waals surface area contributed by atoms with Crippen molar-refractivity contribution in [2.24, 2.45) is 0 Å². The molecule has 8 heteroatoms. The molecule has 0 spiro atoms. The zero-order valence-electron chi connectivity index (χ0n) is 14.1. The highest BCUT2D eigenvalue weighted by atomic mass is 32.1. The van der Waals surface area contributed by atoms with Gasteiger partial charge in [-0.2, -0.15) is 0 Å². The Morgan fingerprint density at radius 1 is 1.46 bits per heavy atom. The lowest BCUT2D eigenvalue weighted by atomic mass is 10.1. The number of benzene rings is 1. The molecule has 2 rings (SSSR count). The second kappa shape index (κ2) is 8.79. The third kappa shape index (κ3) is 5.04. The normalized spacial score (nSPS) is 20.2. The summed E-state index contributed by atoms with van der Waals surface area (Å²) in [4.78, 5) is 12.0. The van der Waals surface area contributed by atoms with Crippen LogP contribution in [-0.4, -0.2) is 42.8 Å². The number of hydrogen-bond acceptors (Lipinski definition) is 4. The molecule has 0 amide bonds. The van der Waals surface area contributed by atoms with E-state index in [2.05, 4.69) is 17.6 Å². The van der Waals surface area contributed by atoms with Crippen molar-refractivity contribution in [3.05, 3.63) is 28.3 Å². The third-order valence-corrected chi connectivity index (χ3v) is 4.50. The Kier molecular flexibility index (Phi) is 6.74. The maximum absolute atomic E-state index is 10.8. The molecule has 0 radical (unpaired) electrons. The van der Waals surface area contributed by atoms with Gasteiger partial charge in [0, 0.05) is 24.9 Å². The van der Waals surface area contributed by atoms with Gasteiger partial charge in [-0.1, -0.05) is 6.92 Å². The number of non-ortho nitro benzene ring substituents is 1. The summed E-state index contributed by atoms with van der Waals surface area (Å²) >= 11 is 5.37. The molecule has 0 aliphatic carbocycles. The molecular weight excluding hydrogens is 328 g/mol. The highest BCUT2D eigenvalue weighted by Gasteiger charge is 2.22. The fraction of sp³-hybridized carbons (Fsp3) is 0.562. The van der Waals surface area contributed by atoms with Crippen LogP contribution >= 0.6 is 12.2 Å². The van der Waals surface area contributed by atoms with Gasteiger partial charge in [-0.3, -0.25) is 10.1 Å². The first-order valence-electron chi connectivity index (χ1n) is 8.27. The first kappa shape index (κ1) is 18.4. The van der Waals surface area contributed by atoms with Gasteiger partial charge in [0.05, 0.1) is 43.4 Å². The van der Waals surface area contributed by atoms with E-state index in [1.807, 2.05) is 0 Å². The van der Waals surface area contributed by atoms with E-state index in [0.29, 0.717) is 22.6 Å². The molecular formula is C16H25N4O3S+. The van der Waals surface area contributed by atoms with Gasteiger partial charge < -0.3 is 20.3 Å². The summed E-state index contributed by atoms with van der Waals surface area (Å²) < 4.78 is 5.21. The lowest BCUT2D eigenvalue weighted by Gasteiger charge is -2.30. The molecule has 132 valence electrons. The zero-order chi connectivity index (χ0) is 17.5. The second-order valence-electron chi connectivity index (χ2n) is 6.01. The fourth-order valence-electron chi connectivity index (χ4n) is 3.01. The zero-order valence-corrected chi connectivity index (χ0v) is 14.9. The van der Waals surface area contributed by atoms with Crippen molar-refractivity contribution in [1.82, 2.24) is 5.32 Å². The smallest absolute Gasteiger partial charge is 0.273 e. The average molecular weight is 353 g/mol. The van der Waals surface area contributed by atoms with Crippen LogP contribution in [0.3, 0.4) is 0 Å². The SMILES string of the molecule is CCC[NH+]1CCC(NC(=S)Nc2ccc([N+](=O)[O-])cc2OC)CC1. The number of piperidine rings is 1. The first-order valence-corrected chi connectivity index (χ1v) is 8.67. The van der Waals surface area contributed by atoms with Gasteiger partial charge in [-0.25, -0.2) is 0 Å². The summed E-state index contributed by atoms with van der Waals surface area (Å²) in [7, 11) is 1.48. The van der Waals surface area contributed by atoms with Crippen LogP contribution in [0.4, 0.5) is 11.4 Å². The second-order valence-corrected chi connectivity index (χ2v) is 6.42. The molecule has 0 aromatic heterocycles. The van der Waals surface area contributed by atoms with E-state index in [9.17, 15) is 10.1 Å². The number of nitro benzene ring substituents is 1. The van der Waals surface area contributed by atoms with E-state index in [0.717, 1.165) is 25.9 Å². The molecule has 0 unspecified atom stereocenters. The van der Waals surface area contributed by atoms with Crippen LogP contribution in [-0.2, 0) is 0 Å². The van der Waals surface area contributed by atoms with Crippen LogP contribution in [0.2, 0.25) is 0 Å².